The number of carbonyl (C=O) groups is 3. The molecule has 0 spiro atoms. The third-order valence-corrected chi connectivity index (χ3v) is 8.34. The molecule has 48 heavy (non-hydrogen) atoms. The molecule has 1 N–H and O–H groups in total. The Bertz CT molecular complexity index is 891. The van der Waals surface area contributed by atoms with Crippen LogP contribution in [0.2, 0.25) is 0 Å². The fourth-order valence-electron chi connectivity index (χ4n) is 5.39. The fourth-order valence-corrected chi connectivity index (χ4v) is 5.39. The van der Waals surface area contributed by atoms with Gasteiger partial charge in [0.05, 0.1) is 40.8 Å². The summed E-state index contributed by atoms with van der Waals surface area (Å²) >= 11 is 0. The van der Waals surface area contributed by atoms with Crippen molar-refractivity contribution in [3.63, 3.8) is 0 Å². The predicted molar refractivity (Wildman–Crippen MR) is 197 cm³/mol. The summed E-state index contributed by atoms with van der Waals surface area (Å²) in [7, 11) is 5.49. The normalized spacial score (nSPS) is 13.4. The van der Waals surface area contributed by atoms with E-state index in [0.29, 0.717) is 12.8 Å². The number of hydrogen-bond acceptors (Lipinski definition) is 6. The third-order valence-electron chi connectivity index (χ3n) is 8.34. The van der Waals surface area contributed by atoms with Crippen LogP contribution in [0.5, 0.6) is 0 Å². The van der Waals surface area contributed by atoms with Crippen LogP contribution in [0.1, 0.15) is 149 Å². The molecule has 0 saturated heterocycles. The van der Waals surface area contributed by atoms with Gasteiger partial charge in [-0.05, 0) is 25.7 Å². The molecule has 2 unspecified atom stereocenters. The van der Waals surface area contributed by atoms with Gasteiger partial charge >= 0.3 is 17.9 Å². The maximum atomic E-state index is 12.6. The summed E-state index contributed by atoms with van der Waals surface area (Å²) in [4.78, 5) is 36.6. The Labute approximate surface area is 293 Å². The Morgan fingerprint density at radius 3 is 1.65 bits per heavy atom. The molecule has 0 aliphatic carbocycles. The number of esters is 2. The summed E-state index contributed by atoms with van der Waals surface area (Å²) in [6, 6.07) is -0.622. The highest BCUT2D eigenvalue weighted by atomic mass is 16.6. The molecule has 278 valence electrons. The molecule has 0 radical (unpaired) electrons. The van der Waals surface area contributed by atoms with Gasteiger partial charge < -0.3 is 23.8 Å². The average Bonchev–Trinajstić information content (AvgIpc) is 3.03. The molecule has 0 aliphatic heterocycles. The Hall–Kier alpha value is -2.45. The maximum Gasteiger partial charge on any atom is 0.362 e. The van der Waals surface area contributed by atoms with Crippen LogP contribution in [0.15, 0.2) is 36.5 Å². The summed E-state index contributed by atoms with van der Waals surface area (Å²) in [5.41, 5.74) is 0. The van der Waals surface area contributed by atoms with Gasteiger partial charge in [0.25, 0.3) is 0 Å². The van der Waals surface area contributed by atoms with E-state index in [-0.39, 0.29) is 36.7 Å². The van der Waals surface area contributed by atoms with Crippen LogP contribution in [0.25, 0.3) is 0 Å². The quantitative estimate of drug-likeness (QED) is 0.0319. The monoisotopic (exact) mass is 679 g/mol. The number of hydrogen-bond donors (Lipinski definition) is 1. The highest BCUT2D eigenvalue weighted by molar-refractivity contribution is 5.72. The Morgan fingerprint density at radius 2 is 1.15 bits per heavy atom. The molecule has 0 saturated carbocycles. The van der Waals surface area contributed by atoms with E-state index < -0.39 is 24.1 Å². The minimum absolute atomic E-state index is 0.0362. The van der Waals surface area contributed by atoms with E-state index >= 15 is 0 Å². The van der Waals surface area contributed by atoms with E-state index in [1.165, 1.54) is 77.0 Å². The smallest absolute Gasteiger partial charge is 0.362 e. The zero-order chi connectivity index (χ0) is 35.7. The fraction of sp³-hybridized carbons (Fsp3) is 0.775. The molecule has 0 heterocycles. The van der Waals surface area contributed by atoms with Crippen LogP contribution in [0, 0.1) is 0 Å². The second-order valence-corrected chi connectivity index (χ2v) is 13.8. The predicted octanol–water partition coefficient (Wildman–Crippen LogP) is 9.52. The lowest BCUT2D eigenvalue weighted by molar-refractivity contribution is -0.887. The number of allylic oxidation sites excluding steroid dienone is 5. The third kappa shape index (κ3) is 29.7. The van der Waals surface area contributed by atoms with Crippen LogP contribution in [0.3, 0.4) is 0 Å². The molecule has 0 fully saturated rings. The maximum absolute atomic E-state index is 12.6. The van der Waals surface area contributed by atoms with Gasteiger partial charge in [-0.1, -0.05) is 140 Å². The molecule has 8 nitrogen and oxygen atoms in total. The minimum atomic E-state index is -0.886. The van der Waals surface area contributed by atoms with Gasteiger partial charge in [-0.2, -0.15) is 0 Å². The molecule has 8 heteroatoms. The molecule has 0 aromatic carbocycles. The summed E-state index contributed by atoms with van der Waals surface area (Å²) in [5, 5.41) is 9.56. The number of carbonyl (C=O) groups excluding carboxylic acids is 2. The summed E-state index contributed by atoms with van der Waals surface area (Å²) in [6.45, 7) is 4.50. The van der Waals surface area contributed by atoms with Gasteiger partial charge in [0, 0.05) is 12.8 Å². The van der Waals surface area contributed by atoms with Crippen molar-refractivity contribution in [1.82, 2.24) is 0 Å². The molecule has 2 atom stereocenters. The summed E-state index contributed by atoms with van der Waals surface area (Å²) in [5.74, 6) is -1.62. The van der Waals surface area contributed by atoms with Gasteiger partial charge in [0.2, 0.25) is 0 Å². The van der Waals surface area contributed by atoms with E-state index in [9.17, 15) is 19.5 Å². The van der Waals surface area contributed by atoms with Crippen molar-refractivity contribution in [2.24, 2.45) is 0 Å². The number of unbranched alkanes of at least 4 members (excludes halogenated alkanes) is 14. The topological polar surface area (TPSA) is 99.1 Å². The first-order valence-electron chi connectivity index (χ1n) is 19.0. The number of nitrogens with zero attached hydrogens (tertiary/aromatic N) is 1. The lowest BCUT2D eigenvalue weighted by atomic mass is 10.0. The first-order chi connectivity index (χ1) is 23.1. The standard InChI is InChI=1S/C40H71NO7/c1-6-8-10-12-14-16-17-18-19-20-21-23-25-27-29-31-39(43)48-36(34-46-33-32-37(40(44)45)41(3,4)5)35-47-38(42)30-28-26-24-22-15-13-11-9-7-2/h9,11,15,22,26,28,36-37H,6-8,10,12-14,16-21,23-25,27,29-35H2,1-5H3/p+1/b11-9+,22-15+,28-26+. The van der Waals surface area contributed by atoms with Crippen molar-refractivity contribution in [3.05, 3.63) is 36.5 Å². The van der Waals surface area contributed by atoms with E-state index in [2.05, 4.69) is 38.2 Å². The lowest BCUT2D eigenvalue weighted by Crippen LogP contribution is -2.50. The Morgan fingerprint density at radius 1 is 0.646 bits per heavy atom. The van der Waals surface area contributed by atoms with E-state index in [1.807, 2.05) is 27.2 Å². The van der Waals surface area contributed by atoms with Crippen LogP contribution >= 0.6 is 0 Å². The first kappa shape index (κ1) is 45.6. The first-order valence-corrected chi connectivity index (χ1v) is 19.0. The zero-order valence-electron chi connectivity index (χ0n) is 31.4. The molecule has 0 rings (SSSR count). The van der Waals surface area contributed by atoms with E-state index in [0.717, 1.165) is 38.5 Å². The van der Waals surface area contributed by atoms with Crippen LogP contribution in [-0.2, 0) is 28.6 Å². The average molecular weight is 679 g/mol. The number of ether oxygens (including phenoxy) is 3. The molecule has 0 bridgehead atoms. The molecular weight excluding hydrogens is 606 g/mol. The van der Waals surface area contributed by atoms with Crippen molar-refractivity contribution in [3.8, 4) is 0 Å². The largest absolute Gasteiger partial charge is 0.477 e. The number of carboxylic acids is 1. The molecule has 0 amide bonds. The Balaban J connectivity index is 4.45. The molecular formula is C40H72NO7+. The lowest BCUT2D eigenvalue weighted by Gasteiger charge is -2.31. The minimum Gasteiger partial charge on any atom is -0.477 e. The highest BCUT2D eigenvalue weighted by Crippen LogP contribution is 2.14. The van der Waals surface area contributed by atoms with E-state index in [1.54, 1.807) is 6.08 Å². The summed E-state index contributed by atoms with van der Waals surface area (Å²) < 4.78 is 17.1. The van der Waals surface area contributed by atoms with Gasteiger partial charge in [-0.25, -0.2) is 4.79 Å². The number of likely N-dealkylation sites (N-methyl/N-ethyl adjacent to an activating group) is 1. The van der Waals surface area contributed by atoms with Crippen LogP contribution in [-0.4, -0.2) is 80.6 Å². The van der Waals surface area contributed by atoms with Crippen LogP contribution in [0.4, 0.5) is 0 Å². The molecule has 0 aromatic heterocycles. The SMILES string of the molecule is CC/C=C/C/C=C/C/C=C/CC(=O)OCC(COCCC(C(=O)O)[N+](C)(C)C)OC(=O)CCCCCCCCCCCCCCCCC. The van der Waals surface area contributed by atoms with Crippen molar-refractivity contribution < 1.29 is 38.2 Å². The van der Waals surface area contributed by atoms with Gasteiger partial charge in [-0.3, -0.25) is 9.59 Å². The number of carboxylic acid groups (broad SMARTS) is 1. The zero-order valence-corrected chi connectivity index (χ0v) is 31.4. The second-order valence-electron chi connectivity index (χ2n) is 13.8. The van der Waals surface area contributed by atoms with Crippen molar-refractivity contribution in [1.29, 1.82) is 0 Å². The van der Waals surface area contributed by atoms with Gasteiger partial charge in [-0.15, -0.1) is 0 Å². The number of quaternary nitrogens is 1. The molecule has 0 aromatic rings. The highest BCUT2D eigenvalue weighted by Gasteiger charge is 2.31. The van der Waals surface area contributed by atoms with Crippen molar-refractivity contribution in [2.75, 3.05) is 41.0 Å². The Kier molecular flexibility index (Phi) is 30.2. The molecule has 0 aliphatic rings. The number of aliphatic carboxylic acids is 1. The van der Waals surface area contributed by atoms with E-state index in [4.69, 9.17) is 14.2 Å². The van der Waals surface area contributed by atoms with Gasteiger partial charge in [0.15, 0.2) is 12.1 Å². The van der Waals surface area contributed by atoms with Crippen molar-refractivity contribution >= 4 is 17.9 Å². The number of rotatable bonds is 33. The second kappa shape index (κ2) is 31.8. The van der Waals surface area contributed by atoms with Gasteiger partial charge in [0.1, 0.15) is 6.61 Å². The summed E-state index contributed by atoms with van der Waals surface area (Å²) in [6.07, 6.45) is 33.7. The van der Waals surface area contributed by atoms with Crippen molar-refractivity contribution in [2.45, 2.75) is 161 Å². The van der Waals surface area contributed by atoms with Crippen LogP contribution < -0.4 is 0 Å².